The number of hydrogen-bond donors (Lipinski definition) is 2. The van der Waals surface area contributed by atoms with E-state index in [1.807, 2.05) is 19.9 Å². The van der Waals surface area contributed by atoms with Gasteiger partial charge in [0.2, 0.25) is 5.95 Å². The highest BCUT2D eigenvalue weighted by Gasteiger charge is 2.23. The molecule has 0 bridgehead atoms. The van der Waals surface area contributed by atoms with E-state index < -0.39 is 0 Å². The minimum atomic E-state index is 0.473. The van der Waals surface area contributed by atoms with E-state index in [0.29, 0.717) is 17.8 Å². The molecule has 0 aliphatic heterocycles. The maximum absolute atomic E-state index is 6.17. The monoisotopic (exact) mass is 312 g/mol. The van der Waals surface area contributed by atoms with Gasteiger partial charge in [0.25, 0.3) is 0 Å². The van der Waals surface area contributed by atoms with Crippen LogP contribution in [0.1, 0.15) is 24.2 Å². The van der Waals surface area contributed by atoms with Gasteiger partial charge >= 0.3 is 0 Å². The Balaban J connectivity index is 1.81. The molecule has 112 valence electrons. The van der Waals surface area contributed by atoms with Crippen LogP contribution in [0.3, 0.4) is 0 Å². The molecule has 1 aliphatic rings. The summed E-state index contributed by atoms with van der Waals surface area (Å²) in [6.45, 7) is 3.91. The maximum atomic E-state index is 6.17. The van der Waals surface area contributed by atoms with Crippen LogP contribution in [0.5, 0.6) is 0 Å². The first-order valence-corrected chi connectivity index (χ1v) is 8.06. The molecular weight excluding hydrogens is 296 g/mol. The number of aryl methyl sites for hydroxylation is 2. The smallest absolute Gasteiger partial charge is 0.225 e. The summed E-state index contributed by atoms with van der Waals surface area (Å²) in [5, 5.41) is 4.13. The summed E-state index contributed by atoms with van der Waals surface area (Å²) in [5.74, 6) is 1.08. The Morgan fingerprint density at radius 3 is 2.68 bits per heavy atom. The van der Waals surface area contributed by atoms with E-state index in [-0.39, 0.29) is 0 Å². The fourth-order valence-corrected chi connectivity index (χ4v) is 3.54. The van der Waals surface area contributed by atoms with Gasteiger partial charge in [-0.2, -0.15) is 4.98 Å². The molecule has 7 heteroatoms. The van der Waals surface area contributed by atoms with Gasteiger partial charge in [0.1, 0.15) is 16.3 Å². The van der Waals surface area contributed by atoms with Gasteiger partial charge in [0.15, 0.2) is 0 Å². The van der Waals surface area contributed by atoms with Crippen molar-refractivity contribution in [3.05, 3.63) is 23.7 Å². The third kappa shape index (κ3) is 2.27. The summed E-state index contributed by atoms with van der Waals surface area (Å²) < 4.78 is 1.10. The van der Waals surface area contributed by atoms with Crippen molar-refractivity contribution in [2.24, 2.45) is 0 Å². The molecule has 1 saturated carbocycles. The Morgan fingerprint density at radius 1 is 1.18 bits per heavy atom. The van der Waals surface area contributed by atoms with Crippen molar-refractivity contribution < 1.29 is 0 Å². The number of thiazole rings is 1. The first kappa shape index (κ1) is 13.4. The highest BCUT2D eigenvalue weighted by atomic mass is 32.1. The molecule has 3 aromatic heterocycles. The molecule has 3 aromatic rings. The quantitative estimate of drug-likeness (QED) is 0.773. The largest absolute Gasteiger partial charge is 0.383 e. The zero-order valence-corrected chi connectivity index (χ0v) is 13.2. The molecule has 6 nitrogen and oxygen atoms in total. The Bertz CT molecular complexity index is 845. The first-order chi connectivity index (χ1) is 10.6. The number of aromatic nitrogens is 4. The van der Waals surface area contributed by atoms with Crippen molar-refractivity contribution in [3.63, 3.8) is 0 Å². The summed E-state index contributed by atoms with van der Waals surface area (Å²) >= 11 is 1.59. The summed E-state index contributed by atoms with van der Waals surface area (Å²) in [6.07, 6.45) is 4.15. The van der Waals surface area contributed by atoms with Gasteiger partial charge in [-0.25, -0.2) is 9.97 Å². The third-order valence-corrected chi connectivity index (χ3v) is 4.77. The average Bonchev–Trinajstić information content (AvgIpc) is 3.15. The molecule has 0 saturated heterocycles. The van der Waals surface area contributed by atoms with Crippen LogP contribution < -0.4 is 11.1 Å². The van der Waals surface area contributed by atoms with Crippen LogP contribution in [0.2, 0.25) is 0 Å². The van der Waals surface area contributed by atoms with Crippen molar-refractivity contribution in [3.8, 4) is 10.6 Å². The fraction of sp³-hybridized carbons (Fsp3) is 0.333. The molecule has 22 heavy (non-hydrogen) atoms. The number of pyridine rings is 1. The maximum Gasteiger partial charge on any atom is 0.225 e. The summed E-state index contributed by atoms with van der Waals surface area (Å²) in [7, 11) is 0. The number of nitrogens with zero attached hydrogens (tertiary/aromatic N) is 4. The molecule has 0 spiro atoms. The lowest BCUT2D eigenvalue weighted by molar-refractivity contribution is 1.03. The number of nitrogens with one attached hydrogen (secondary N) is 1. The van der Waals surface area contributed by atoms with Crippen LogP contribution in [-0.4, -0.2) is 26.0 Å². The average molecular weight is 312 g/mol. The van der Waals surface area contributed by atoms with Gasteiger partial charge in [-0.1, -0.05) is 0 Å². The van der Waals surface area contributed by atoms with Crippen LogP contribution in [0, 0.1) is 13.8 Å². The zero-order valence-electron chi connectivity index (χ0n) is 12.4. The lowest BCUT2D eigenvalue weighted by Crippen LogP contribution is -2.09. The standard InChI is InChI=1S/C15H16N6S/c1-7-11(13(16)21-15(18-7)19-9-3-4-9)14-20-12-8(2)17-6-5-10(12)22-14/h5-6,9H,3-4H2,1-2H3,(H3,16,18,19,21). The van der Waals surface area contributed by atoms with Gasteiger partial charge < -0.3 is 11.1 Å². The molecular formula is C15H16N6S. The van der Waals surface area contributed by atoms with Gasteiger partial charge in [-0.05, 0) is 32.8 Å². The Labute approximate surface area is 131 Å². The lowest BCUT2D eigenvalue weighted by Gasteiger charge is -2.09. The van der Waals surface area contributed by atoms with E-state index in [9.17, 15) is 0 Å². The molecule has 1 fully saturated rings. The van der Waals surface area contributed by atoms with Crippen LogP contribution in [0.4, 0.5) is 11.8 Å². The fourth-order valence-electron chi connectivity index (χ4n) is 2.42. The predicted octanol–water partition coefficient (Wildman–Crippen LogP) is 2.92. The Kier molecular flexibility index (Phi) is 2.97. The first-order valence-electron chi connectivity index (χ1n) is 7.25. The molecule has 4 rings (SSSR count). The number of nitrogens with two attached hydrogens (primary N) is 1. The number of hydrogen-bond acceptors (Lipinski definition) is 7. The Morgan fingerprint density at radius 2 is 2.00 bits per heavy atom. The van der Waals surface area contributed by atoms with E-state index in [4.69, 9.17) is 5.73 Å². The van der Waals surface area contributed by atoms with Crippen molar-refractivity contribution in [1.82, 2.24) is 19.9 Å². The second-order valence-corrected chi connectivity index (χ2v) is 6.60. The molecule has 0 aromatic carbocycles. The molecule has 0 radical (unpaired) electrons. The highest BCUT2D eigenvalue weighted by molar-refractivity contribution is 7.21. The minimum Gasteiger partial charge on any atom is -0.383 e. The van der Waals surface area contributed by atoms with Crippen LogP contribution in [0.25, 0.3) is 20.8 Å². The number of rotatable bonds is 3. The summed E-state index contributed by atoms with van der Waals surface area (Å²) in [6, 6.07) is 2.47. The molecule has 3 heterocycles. The highest BCUT2D eigenvalue weighted by Crippen LogP contribution is 2.35. The van der Waals surface area contributed by atoms with E-state index in [2.05, 4.69) is 25.3 Å². The molecule has 1 aliphatic carbocycles. The van der Waals surface area contributed by atoms with Crippen molar-refractivity contribution in [2.75, 3.05) is 11.1 Å². The van der Waals surface area contributed by atoms with Crippen molar-refractivity contribution >= 4 is 33.3 Å². The van der Waals surface area contributed by atoms with E-state index in [0.717, 1.165) is 32.2 Å². The van der Waals surface area contributed by atoms with Crippen molar-refractivity contribution in [1.29, 1.82) is 0 Å². The normalized spacial score (nSPS) is 14.5. The zero-order chi connectivity index (χ0) is 15.3. The van der Waals surface area contributed by atoms with E-state index in [1.165, 1.54) is 12.8 Å². The van der Waals surface area contributed by atoms with E-state index in [1.54, 1.807) is 17.5 Å². The second-order valence-electron chi connectivity index (χ2n) is 5.57. The van der Waals surface area contributed by atoms with Gasteiger partial charge in [-0.15, -0.1) is 11.3 Å². The topological polar surface area (TPSA) is 89.6 Å². The lowest BCUT2D eigenvalue weighted by atomic mass is 10.2. The summed E-state index contributed by atoms with van der Waals surface area (Å²) in [5.41, 5.74) is 9.68. The second kappa shape index (κ2) is 4.88. The van der Waals surface area contributed by atoms with E-state index >= 15 is 0 Å². The number of nitrogen functional groups attached to an aromatic ring is 1. The number of anilines is 2. The van der Waals surface area contributed by atoms with Crippen LogP contribution in [-0.2, 0) is 0 Å². The molecule has 0 amide bonds. The molecule has 0 unspecified atom stereocenters. The third-order valence-electron chi connectivity index (χ3n) is 3.73. The van der Waals surface area contributed by atoms with Gasteiger partial charge in [-0.3, -0.25) is 4.98 Å². The molecule has 3 N–H and O–H groups in total. The summed E-state index contributed by atoms with van der Waals surface area (Å²) in [4.78, 5) is 17.9. The number of fused-ring (bicyclic) bond motifs is 1. The predicted molar refractivity (Wildman–Crippen MR) is 89.0 cm³/mol. The van der Waals surface area contributed by atoms with Gasteiger partial charge in [0.05, 0.1) is 21.7 Å². The Hall–Kier alpha value is -2.28. The minimum absolute atomic E-state index is 0.473. The van der Waals surface area contributed by atoms with Crippen molar-refractivity contribution in [2.45, 2.75) is 32.7 Å². The van der Waals surface area contributed by atoms with Gasteiger partial charge in [0, 0.05) is 12.2 Å². The van der Waals surface area contributed by atoms with Crippen LogP contribution in [0.15, 0.2) is 12.3 Å². The van der Waals surface area contributed by atoms with Crippen LogP contribution >= 0.6 is 11.3 Å². The SMILES string of the molecule is Cc1nc(NC2CC2)nc(N)c1-c1nc2c(C)nccc2s1. The molecule has 0 atom stereocenters.